The van der Waals surface area contributed by atoms with E-state index in [4.69, 9.17) is 0 Å². The number of rotatable bonds is 12. The van der Waals surface area contributed by atoms with E-state index in [0.29, 0.717) is 12.2 Å². The Labute approximate surface area is 307 Å². The third-order valence-corrected chi connectivity index (χ3v) is 10.2. The average molecular weight is 778 g/mol. The number of nitrogens with zero attached hydrogens (tertiary/aromatic N) is 5. The number of fused-ring (bicyclic) bond motifs is 2. The predicted molar refractivity (Wildman–Crippen MR) is 196 cm³/mol. The number of phenolic OH excluding ortho intramolecular Hbond substituents is 1. The van der Waals surface area contributed by atoms with Crippen molar-refractivity contribution in [3.05, 3.63) is 83.9 Å². The van der Waals surface area contributed by atoms with Crippen LogP contribution in [0.4, 0.5) is 28.4 Å². The van der Waals surface area contributed by atoms with Crippen molar-refractivity contribution in [3.8, 4) is 5.75 Å². The summed E-state index contributed by atoms with van der Waals surface area (Å²) in [5, 5.41) is 53.5. The number of aromatic carboxylic acids is 2. The van der Waals surface area contributed by atoms with Gasteiger partial charge in [-0.1, -0.05) is 12.1 Å². The second-order valence-electron chi connectivity index (χ2n) is 12.1. The van der Waals surface area contributed by atoms with Crippen LogP contribution in [0.1, 0.15) is 20.7 Å². The maximum atomic E-state index is 12.5. The molecular weight excluding hydrogens is 747 g/mol. The lowest BCUT2D eigenvalue weighted by atomic mass is 10.1. The lowest BCUT2D eigenvalue weighted by molar-refractivity contribution is 0.0696. The Morgan fingerprint density at radius 3 is 2.00 bits per heavy atom. The number of carbonyl (C=O) groups is 2. The number of phenols is 1. The molecule has 0 amide bonds. The number of anilines is 1. The number of aromatic hydroxyl groups is 1. The largest absolute Gasteiger partial charge is 0.505 e. The Morgan fingerprint density at radius 2 is 1.37 bits per heavy atom. The van der Waals surface area contributed by atoms with Crippen LogP contribution < -0.4 is 10.6 Å². The molecule has 5 aromatic carbocycles. The van der Waals surface area contributed by atoms with Gasteiger partial charge >= 0.3 is 11.9 Å². The Morgan fingerprint density at radius 1 is 0.722 bits per heavy atom. The van der Waals surface area contributed by atoms with Crippen molar-refractivity contribution in [1.82, 2.24) is 10.2 Å². The highest BCUT2D eigenvalue weighted by atomic mass is 32.2. The third-order valence-electron chi connectivity index (χ3n) is 8.48. The van der Waals surface area contributed by atoms with Crippen molar-refractivity contribution in [3.63, 3.8) is 0 Å². The van der Waals surface area contributed by atoms with Gasteiger partial charge in [0.05, 0.1) is 33.1 Å². The fourth-order valence-corrected chi connectivity index (χ4v) is 6.96. The van der Waals surface area contributed by atoms with Crippen LogP contribution in [0.2, 0.25) is 0 Å². The van der Waals surface area contributed by atoms with E-state index in [2.05, 4.69) is 36.0 Å². The van der Waals surface area contributed by atoms with Crippen LogP contribution in [0, 0.1) is 0 Å². The molecule has 54 heavy (non-hydrogen) atoms. The van der Waals surface area contributed by atoms with Gasteiger partial charge < -0.3 is 26.0 Å². The highest BCUT2D eigenvalue weighted by Gasteiger charge is 2.23. The molecule has 0 unspecified atom stereocenters. The quantitative estimate of drug-likeness (QED) is 0.0588. The number of benzene rings is 5. The second kappa shape index (κ2) is 15.2. The van der Waals surface area contributed by atoms with E-state index in [0.717, 1.165) is 69.1 Å². The van der Waals surface area contributed by atoms with Crippen molar-refractivity contribution in [2.24, 2.45) is 20.5 Å². The van der Waals surface area contributed by atoms with Gasteiger partial charge in [0.1, 0.15) is 10.6 Å². The van der Waals surface area contributed by atoms with Crippen molar-refractivity contribution in [2.75, 3.05) is 44.6 Å². The first kappa shape index (κ1) is 37.8. The maximum absolute atomic E-state index is 12.5. The van der Waals surface area contributed by atoms with E-state index in [1.54, 1.807) is 18.2 Å². The number of hydrogen-bond acceptors (Lipinski definition) is 14. The first-order valence-electron chi connectivity index (χ1n) is 16.0. The highest BCUT2D eigenvalue weighted by Crippen LogP contribution is 2.43. The lowest BCUT2D eigenvalue weighted by Gasteiger charge is -2.27. The molecule has 1 saturated heterocycles. The van der Waals surface area contributed by atoms with Crippen LogP contribution in [0.15, 0.2) is 103 Å². The molecular formula is C34H31N7O11S2. The van der Waals surface area contributed by atoms with E-state index in [9.17, 15) is 50.8 Å². The number of nitrogens with one attached hydrogen (secondary N) is 2. The molecule has 0 aliphatic carbocycles. The van der Waals surface area contributed by atoms with Crippen LogP contribution >= 0.6 is 0 Å². The molecule has 0 aromatic heterocycles. The van der Waals surface area contributed by atoms with Gasteiger partial charge in [0.15, 0.2) is 5.75 Å². The number of carboxylic acid groups (broad SMARTS) is 2. The van der Waals surface area contributed by atoms with Gasteiger partial charge in [0, 0.05) is 61.1 Å². The number of hydrogen-bond donors (Lipinski definition) is 7. The van der Waals surface area contributed by atoms with E-state index in [1.165, 1.54) is 18.2 Å². The number of carboxylic acids is 2. The normalized spacial score (nSPS) is 14.3. The molecule has 0 bridgehead atoms. The van der Waals surface area contributed by atoms with E-state index in [1.807, 2.05) is 0 Å². The van der Waals surface area contributed by atoms with Gasteiger partial charge in [-0.2, -0.15) is 21.9 Å². The van der Waals surface area contributed by atoms with Gasteiger partial charge in [-0.15, -0.1) is 15.3 Å². The zero-order valence-corrected chi connectivity index (χ0v) is 29.5. The molecule has 6 rings (SSSR count). The zero-order chi connectivity index (χ0) is 38.8. The standard InChI is InChI=1S/C34H31N7O11S2/c42-32-26-17-22(36-9-12-41-10-7-35-8-11-41)2-1-19(26)16-30(54(50,51)52)31(32)40-39-29-6-5-28(25-4-3-24(18-27(25)29)53(47,48)49)38-37-23-14-20(33(43)44)13-21(15-23)34(45)46/h1-6,13-18,35-36,42H,7-12H2,(H,43,44)(H,45,46)(H,47,48,49)(H,50,51,52). The summed E-state index contributed by atoms with van der Waals surface area (Å²) in [5.41, 5.74) is -0.868. The molecule has 0 saturated carbocycles. The summed E-state index contributed by atoms with van der Waals surface area (Å²) in [6.07, 6.45) is 0. The van der Waals surface area contributed by atoms with Gasteiger partial charge in [0.2, 0.25) is 0 Å². The van der Waals surface area contributed by atoms with Crippen LogP contribution in [-0.4, -0.2) is 97.4 Å². The van der Waals surface area contributed by atoms with Gasteiger partial charge in [0.25, 0.3) is 20.2 Å². The predicted octanol–water partition coefficient (Wildman–Crippen LogP) is 5.74. The summed E-state index contributed by atoms with van der Waals surface area (Å²) in [6, 6.07) is 15.1. The lowest BCUT2D eigenvalue weighted by Crippen LogP contribution is -2.45. The fourth-order valence-electron chi connectivity index (χ4n) is 5.80. The minimum Gasteiger partial charge on any atom is -0.505 e. The molecule has 0 atom stereocenters. The van der Waals surface area contributed by atoms with Crippen molar-refractivity contribution < 1.29 is 50.8 Å². The summed E-state index contributed by atoms with van der Waals surface area (Å²) in [4.78, 5) is 24.0. The fraction of sp³-hybridized carbons (Fsp3) is 0.176. The van der Waals surface area contributed by atoms with Gasteiger partial charge in [-0.3, -0.25) is 14.0 Å². The summed E-state index contributed by atoms with van der Waals surface area (Å²) >= 11 is 0. The second-order valence-corrected chi connectivity index (χ2v) is 14.9. The Hall–Kier alpha value is -5.90. The van der Waals surface area contributed by atoms with Gasteiger partial charge in [-0.25, -0.2) is 9.59 Å². The Kier molecular flexibility index (Phi) is 10.7. The summed E-state index contributed by atoms with van der Waals surface area (Å²) in [5.74, 6) is -3.42. The molecule has 280 valence electrons. The smallest absolute Gasteiger partial charge is 0.335 e. The molecule has 1 heterocycles. The first-order chi connectivity index (χ1) is 25.6. The van der Waals surface area contributed by atoms with Crippen molar-refractivity contribution in [1.29, 1.82) is 0 Å². The van der Waals surface area contributed by atoms with Crippen LogP contribution in [0.3, 0.4) is 0 Å². The average Bonchev–Trinajstić information content (AvgIpc) is 3.13. The van der Waals surface area contributed by atoms with Crippen molar-refractivity contribution >= 4 is 82.2 Å². The summed E-state index contributed by atoms with van der Waals surface area (Å²) < 4.78 is 68.9. The maximum Gasteiger partial charge on any atom is 0.335 e. The molecule has 20 heteroatoms. The van der Waals surface area contributed by atoms with Crippen LogP contribution in [-0.2, 0) is 20.2 Å². The molecule has 1 aliphatic heterocycles. The van der Waals surface area contributed by atoms with E-state index < -0.39 is 53.4 Å². The van der Waals surface area contributed by atoms with Gasteiger partial charge in [-0.05, 0) is 66.0 Å². The van der Waals surface area contributed by atoms with Crippen LogP contribution in [0.5, 0.6) is 5.75 Å². The van der Waals surface area contributed by atoms with E-state index in [-0.39, 0.29) is 49.7 Å². The molecule has 1 fully saturated rings. The Bertz CT molecular complexity index is 2580. The minimum atomic E-state index is -4.97. The van der Waals surface area contributed by atoms with Crippen molar-refractivity contribution in [2.45, 2.75) is 9.79 Å². The summed E-state index contributed by atoms with van der Waals surface area (Å²) in [7, 11) is -9.72. The van der Waals surface area contributed by atoms with Crippen LogP contribution in [0.25, 0.3) is 21.5 Å². The SMILES string of the molecule is O=C(O)c1cc(N=Nc2ccc(N=Nc3c(S(=O)(=O)O)cc4ccc(NCCN5CCNCC5)cc4c3O)c3cc(S(=O)(=O)O)ccc23)cc(C(=O)O)c1. The van der Waals surface area contributed by atoms with E-state index >= 15 is 0 Å². The summed E-state index contributed by atoms with van der Waals surface area (Å²) in [6.45, 7) is 4.96. The molecule has 18 nitrogen and oxygen atoms in total. The molecule has 7 N–H and O–H groups in total. The first-order valence-corrected chi connectivity index (χ1v) is 18.9. The molecule has 0 radical (unpaired) electrons. The number of piperazine rings is 1. The number of azo groups is 2. The topological polar surface area (TPSA) is 280 Å². The highest BCUT2D eigenvalue weighted by molar-refractivity contribution is 7.86. The monoisotopic (exact) mass is 777 g/mol. The zero-order valence-electron chi connectivity index (χ0n) is 27.9. The molecule has 1 aliphatic rings. The molecule has 0 spiro atoms. The third kappa shape index (κ3) is 8.49. The molecule has 5 aromatic rings. The minimum absolute atomic E-state index is 0.000458. The Balaban J connectivity index is 1.41.